The van der Waals surface area contributed by atoms with Crippen molar-refractivity contribution in [2.24, 2.45) is 0 Å². The minimum atomic E-state index is 0.381. The van der Waals surface area contributed by atoms with Crippen molar-refractivity contribution in [2.45, 2.75) is 25.2 Å². The van der Waals surface area contributed by atoms with Crippen LogP contribution in [0.5, 0.6) is 0 Å². The van der Waals surface area contributed by atoms with Crippen LogP contribution in [0.4, 0.5) is 0 Å². The number of hydrogen-bond donors (Lipinski definition) is 0. The van der Waals surface area contributed by atoms with Gasteiger partial charge in [-0.15, -0.1) is 0 Å². The van der Waals surface area contributed by atoms with Gasteiger partial charge in [-0.3, -0.25) is 0 Å². The monoisotopic (exact) mass is 165 g/mol. The summed E-state index contributed by atoms with van der Waals surface area (Å²) >= 11 is 6.02. The van der Waals surface area contributed by atoms with Gasteiger partial charge in [0.1, 0.15) is 0 Å². The molecule has 0 atom stereocenters. The third kappa shape index (κ3) is 1.16. The molecule has 2 rings (SSSR count). The summed E-state index contributed by atoms with van der Waals surface area (Å²) in [4.78, 5) is 0. The number of halogens is 1. The minimum absolute atomic E-state index is 0.381. The van der Waals surface area contributed by atoms with E-state index >= 15 is 0 Å². The van der Waals surface area contributed by atoms with Crippen LogP contribution in [-0.4, -0.2) is 0 Å². The lowest BCUT2D eigenvalue weighted by Gasteiger charge is -2.09. The summed E-state index contributed by atoms with van der Waals surface area (Å²) in [5, 5.41) is 0.868. The Morgan fingerprint density at radius 3 is 2.82 bits per heavy atom. The van der Waals surface area contributed by atoms with E-state index in [0.29, 0.717) is 5.41 Å². The van der Waals surface area contributed by atoms with Gasteiger partial charge in [-0.25, -0.2) is 0 Å². The van der Waals surface area contributed by atoms with Gasteiger partial charge in [-0.2, -0.15) is 0 Å². The highest BCUT2D eigenvalue weighted by atomic mass is 35.5. The molecule has 1 radical (unpaired) electrons. The molecule has 0 N–H and O–H groups in total. The lowest BCUT2D eigenvalue weighted by atomic mass is 9.99. The molecule has 0 bridgehead atoms. The molecule has 0 saturated heterocycles. The van der Waals surface area contributed by atoms with E-state index in [1.807, 2.05) is 12.1 Å². The van der Waals surface area contributed by atoms with Gasteiger partial charge >= 0.3 is 0 Å². The van der Waals surface area contributed by atoms with Crippen LogP contribution in [-0.2, 0) is 5.41 Å². The summed E-state index contributed by atoms with van der Waals surface area (Å²) in [5.74, 6) is 0. The van der Waals surface area contributed by atoms with E-state index in [4.69, 9.17) is 11.6 Å². The highest BCUT2D eigenvalue weighted by Gasteiger charge is 2.40. The molecule has 1 saturated carbocycles. The van der Waals surface area contributed by atoms with Crippen LogP contribution in [0.2, 0.25) is 5.02 Å². The zero-order valence-electron chi connectivity index (χ0n) is 6.52. The fraction of sp³-hybridized carbons (Fsp3) is 0.400. The van der Waals surface area contributed by atoms with Crippen LogP contribution in [0, 0.1) is 6.07 Å². The van der Waals surface area contributed by atoms with Crippen LogP contribution in [0.3, 0.4) is 0 Å². The van der Waals surface area contributed by atoms with Gasteiger partial charge in [0.15, 0.2) is 0 Å². The van der Waals surface area contributed by atoms with Crippen LogP contribution < -0.4 is 0 Å². The molecule has 1 heteroatoms. The average Bonchev–Trinajstić information content (AvgIpc) is 2.70. The second-order valence-corrected chi connectivity index (χ2v) is 3.87. The highest BCUT2D eigenvalue weighted by molar-refractivity contribution is 6.31. The molecule has 57 valence electrons. The van der Waals surface area contributed by atoms with E-state index in [0.717, 1.165) is 5.02 Å². The van der Waals surface area contributed by atoms with E-state index in [1.165, 1.54) is 18.4 Å². The molecule has 0 spiro atoms. The van der Waals surface area contributed by atoms with Gasteiger partial charge in [0.05, 0.1) is 0 Å². The predicted molar refractivity (Wildman–Crippen MR) is 46.9 cm³/mol. The molecule has 11 heavy (non-hydrogen) atoms. The number of hydrogen-bond acceptors (Lipinski definition) is 0. The van der Waals surface area contributed by atoms with Gasteiger partial charge in [0.2, 0.25) is 0 Å². The molecule has 0 amide bonds. The van der Waals surface area contributed by atoms with Crippen molar-refractivity contribution in [1.29, 1.82) is 0 Å². The SMILES string of the molecule is CC1(c2cc[c]cc2Cl)CC1. The summed E-state index contributed by atoms with van der Waals surface area (Å²) in [6.45, 7) is 2.26. The van der Waals surface area contributed by atoms with Crippen molar-refractivity contribution in [1.82, 2.24) is 0 Å². The molecule has 1 aliphatic rings. The molecule has 1 aromatic carbocycles. The van der Waals surface area contributed by atoms with Crippen LogP contribution in [0.15, 0.2) is 18.2 Å². The molecule has 0 heterocycles. The Morgan fingerprint density at radius 1 is 1.55 bits per heavy atom. The first-order valence-electron chi connectivity index (χ1n) is 3.88. The first-order valence-corrected chi connectivity index (χ1v) is 4.26. The second kappa shape index (κ2) is 2.25. The van der Waals surface area contributed by atoms with Crippen LogP contribution >= 0.6 is 11.6 Å². The van der Waals surface area contributed by atoms with Crippen molar-refractivity contribution in [2.75, 3.05) is 0 Å². The summed E-state index contributed by atoms with van der Waals surface area (Å²) in [6, 6.07) is 8.83. The van der Waals surface area contributed by atoms with Crippen molar-refractivity contribution >= 4 is 11.6 Å². The fourth-order valence-electron chi connectivity index (χ4n) is 1.36. The van der Waals surface area contributed by atoms with Crippen molar-refractivity contribution < 1.29 is 0 Å². The Kier molecular flexibility index (Phi) is 1.47. The Balaban J connectivity index is 2.45. The molecular formula is C10H10Cl. The van der Waals surface area contributed by atoms with Gasteiger partial charge in [0.25, 0.3) is 0 Å². The maximum Gasteiger partial charge on any atom is 0.0449 e. The molecule has 1 aromatic rings. The third-order valence-corrected chi connectivity index (χ3v) is 2.78. The molecule has 0 nitrogen and oxygen atoms in total. The molecule has 1 fully saturated rings. The zero-order valence-corrected chi connectivity index (χ0v) is 7.28. The van der Waals surface area contributed by atoms with Crippen molar-refractivity contribution in [3.63, 3.8) is 0 Å². The number of benzene rings is 1. The summed E-state index contributed by atoms with van der Waals surface area (Å²) < 4.78 is 0. The summed E-state index contributed by atoms with van der Waals surface area (Å²) in [5.41, 5.74) is 1.67. The Hall–Kier alpha value is -0.490. The van der Waals surface area contributed by atoms with Crippen LogP contribution in [0.25, 0.3) is 0 Å². The van der Waals surface area contributed by atoms with Crippen LogP contribution in [0.1, 0.15) is 25.3 Å². The molecular weight excluding hydrogens is 156 g/mol. The number of rotatable bonds is 1. The lowest BCUT2D eigenvalue weighted by molar-refractivity contribution is 0.788. The smallest absolute Gasteiger partial charge is 0.0449 e. The maximum atomic E-state index is 6.02. The van der Waals surface area contributed by atoms with Crippen molar-refractivity contribution in [3.05, 3.63) is 34.9 Å². The van der Waals surface area contributed by atoms with Gasteiger partial charge in [0, 0.05) is 5.02 Å². The van der Waals surface area contributed by atoms with E-state index in [2.05, 4.69) is 19.1 Å². The quantitative estimate of drug-likeness (QED) is 0.600. The van der Waals surface area contributed by atoms with E-state index in [1.54, 1.807) is 0 Å². The van der Waals surface area contributed by atoms with Gasteiger partial charge in [-0.1, -0.05) is 30.7 Å². The van der Waals surface area contributed by atoms with E-state index in [-0.39, 0.29) is 0 Å². The first kappa shape index (κ1) is 7.17. The van der Waals surface area contributed by atoms with E-state index < -0.39 is 0 Å². The Bertz CT molecular complexity index is 274. The van der Waals surface area contributed by atoms with Gasteiger partial charge < -0.3 is 0 Å². The fourth-order valence-corrected chi connectivity index (χ4v) is 1.71. The van der Waals surface area contributed by atoms with E-state index in [9.17, 15) is 0 Å². The highest BCUT2D eigenvalue weighted by Crippen LogP contribution is 2.49. The van der Waals surface area contributed by atoms with Crippen molar-refractivity contribution in [3.8, 4) is 0 Å². The minimum Gasteiger partial charge on any atom is -0.0840 e. The van der Waals surface area contributed by atoms with Gasteiger partial charge in [-0.05, 0) is 36.0 Å². The molecule has 1 aliphatic carbocycles. The first-order chi connectivity index (χ1) is 5.22. The molecule has 0 aromatic heterocycles. The topological polar surface area (TPSA) is 0 Å². The largest absolute Gasteiger partial charge is 0.0840 e. The maximum absolute atomic E-state index is 6.02. The zero-order chi connectivity index (χ0) is 7.90. The normalized spacial score (nSPS) is 19.8. The summed E-state index contributed by atoms with van der Waals surface area (Å²) in [6.07, 6.45) is 2.55. The third-order valence-electron chi connectivity index (χ3n) is 2.46. The molecule has 0 aliphatic heterocycles. The summed E-state index contributed by atoms with van der Waals surface area (Å²) in [7, 11) is 0. The standard InChI is InChI=1S/C10H10Cl/c1-10(6-7-10)8-4-2-3-5-9(8)11/h2,4-5H,6-7H2,1H3. The lowest BCUT2D eigenvalue weighted by Crippen LogP contribution is -1.99. The second-order valence-electron chi connectivity index (χ2n) is 3.47. The predicted octanol–water partition coefficient (Wildman–Crippen LogP) is 3.19. The average molecular weight is 166 g/mol. The molecule has 0 unspecified atom stereocenters. The Morgan fingerprint density at radius 2 is 2.27 bits per heavy atom. The Labute approximate surface area is 72.2 Å².